The summed E-state index contributed by atoms with van der Waals surface area (Å²) in [6.45, 7) is 3.69. The highest BCUT2D eigenvalue weighted by Crippen LogP contribution is 2.42. The number of aliphatic hydroxyl groups excluding tert-OH is 2. The molecule has 0 aliphatic carbocycles. The first-order valence-corrected chi connectivity index (χ1v) is 15.4. The maximum absolute atomic E-state index is 14.6. The van der Waals surface area contributed by atoms with Gasteiger partial charge in [0.25, 0.3) is 10.0 Å². The summed E-state index contributed by atoms with van der Waals surface area (Å²) >= 11 is 6.29. The van der Waals surface area contributed by atoms with Gasteiger partial charge in [0.2, 0.25) is 0 Å². The van der Waals surface area contributed by atoms with Crippen molar-refractivity contribution in [2.75, 3.05) is 48.6 Å². The smallest absolute Gasteiger partial charge is 0.264 e. The van der Waals surface area contributed by atoms with E-state index in [2.05, 4.69) is 11.0 Å². The Kier molecular flexibility index (Phi) is 8.34. The van der Waals surface area contributed by atoms with Crippen molar-refractivity contribution in [2.45, 2.75) is 30.3 Å². The van der Waals surface area contributed by atoms with Gasteiger partial charge in [-0.05, 0) is 66.9 Å². The molecule has 8 nitrogen and oxygen atoms in total. The second kappa shape index (κ2) is 11.7. The normalized spacial score (nSPS) is 17.9. The zero-order valence-electron chi connectivity index (χ0n) is 23.3. The number of halogens is 2. The van der Waals surface area contributed by atoms with Crippen LogP contribution in [-0.4, -0.2) is 74.5 Å². The van der Waals surface area contributed by atoms with Gasteiger partial charge in [0.15, 0.2) is 5.54 Å². The second-order valence-electron chi connectivity index (χ2n) is 10.8. The third-order valence-electron chi connectivity index (χ3n) is 8.09. The molecule has 2 N–H and O–H groups in total. The molecule has 220 valence electrons. The fourth-order valence-electron chi connectivity index (χ4n) is 5.80. The minimum Gasteiger partial charge on any atom is -0.393 e. The number of rotatable bonds is 7. The van der Waals surface area contributed by atoms with E-state index >= 15 is 0 Å². The molecule has 42 heavy (non-hydrogen) atoms. The van der Waals surface area contributed by atoms with Crippen LogP contribution < -0.4 is 9.21 Å². The summed E-state index contributed by atoms with van der Waals surface area (Å²) in [4.78, 5) is 4.00. The number of hydrogen-bond acceptors (Lipinski definition) is 7. The van der Waals surface area contributed by atoms with E-state index in [0.29, 0.717) is 35.6 Å². The van der Waals surface area contributed by atoms with Gasteiger partial charge in [-0.15, -0.1) is 0 Å². The Morgan fingerprint density at radius 1 is 1.10 bits per heavy atom. The van der Waals surface area contributed by atoms with Gasteiger partial charge in [0, 0.05) is 25.2 Å². The van der Waals surface area contributed by atoms with Crippen LogP contribution in [0.2, 0.25) is 5.02 Å². The predicted molar refractivity (Wildman–Crippen MR) is 162 cm³/mol. The zero-order chi connectivity index (χ0) is 30.2. The quantitative estimate of drug-likeness (QED) is 0.384. The van der Waals surface area contributed by atoms with E-state index in [0.717, 1.165) is 5.56 Å². The van der Waals surface area contributed by atoms with Gasteiger partial charge in [-0.25, -0.2) is 12.8 Å². The summed E-state index contributed by atoms with van der Waals surface area (Å²) < 4.78 is 44.3. The van der Waals surface area contributed by atoms with Gasteiger partial charge in [-0.1, -0.05) is 41.9 Å². The molecule has 2 aliphatic heterocycles. The first kappa shape index (κ1) is 30.0. The lowest BCUT2D eigenvalue weighted by Crippen LogP contribution is -2.66. The highest BCUT2D eigenvalue weighted by molar-refractivity contribution is 7.92. The number of fused-ring (bicyclic) bond motifs is 3. The first-order chi connectivity index (χ1) is 20.0. The van der Waals surface area contributed by atoms with Crippen molar-refractivity contribution < 1.29 is 23.0 Å². The molecule has 0 spiro atoms. The molecule has 0 radical (unpaired) electrons. The third-order valence-corrected chi connectivity index (χ3v) is 10.2. The highest BCUT2D eigenvalue weighted by Gasteiger charge is 2.45. The van der Waals surface area contributed by atoms with Crippen LogP contribution in [0, 0.1) is 24.1 Å². The molecule has 5 rings (SSSR count). The van der Waals surface area contributed by atoms with Crippen LogP contribution in [0.1, 0.15) is 23.6 Å². The molecule has 0 saturated carbocycles. The molecule has 1 atom stereocenters. The topological polar surface area (TPSA) is 108 Å². The highest BCUT2D eigenvalue weighted by atomic mass is 35.5. The van der Waals surface area contributed by atoms with Crippen LogP contribution in [0.15, 0.2) is 65.6 Å². The van der Waals surface area contributed by atoms with Gasteiger partial charge < -0.3 is 15.1 Å². The average molecular weight is 611 g/mol. The Bertz CT molecular complexity index is 1670. The average Bonchev–Trinajstić information content (AvgIpc) is 2.97. The van der Waals surface area contributed by atoms with Crippen molar-refractivity contribution in [3.05, 3.63) is 88.2 Å². The van der Waals surface area contributed by atoms with E-state index in [1.54, 1.807) is 54.3 Å². The lowest BCUT2D eigenvalue weighted by Gasteiger charge is -2.51. The molecule has 0 aromatic heterocycles. The third kappa shape index (κ3) is 5.27. The van der Waals surface area contributed by atoms with Crippen LogP contribution in [0.25, 0.3) is 11.6 Å². The van der Waals surface area contributed by atoms with E-state index in [-0.39, 0.29) is 34.6 Å². The van der Waals surface area contributed by atoms with Crippen molar-refractivity contribution in [1.82, 2.24) is 4.90 Å². The van der Waals surface area contributed by atoms with Crippen LogP contribution >= 0.6 is 11.6 Å². The molecule has 1 fully saturated rings. The maximum atomic E-state index is 14.6. The van der Waals surface area contributed by atoms with Gasteiger partial charge in [-0.3, -0.25) is 9.21 Å². The number of aliphatic hydroxyl groups is 2. The molecule has 2 aliphatic rings. The summed E-state index contributed by atoms with van der Waals surface area (Å²) in [5.41, 5.74) is 2.08. The van der Waals surface area contributed by atoms with Crippen molar-refractivity contribution >= 4 is 44.6 Å². The fraction of sp³-hybridized carbons (Fsp3) is 0.323. The van der Waals surface area contributed by atoms with E-state index in [1.165, 1.54) is 10.4 Å². The number of anilines is 2. The Hall–Kier alpha value is -3.46. The Labute approximate surface area is 250 Å². The largest absolute Gasteiger partial charge is 0.393 e. The van der Waals surface area contributed by atoms with Crippen LogP contribution in [0.4, 0.5) is 15.8 Å². The molecule has 11 heteroatoms. The number of benzene rings is 3. The summed E-state index contributed by atoms with van der Waals surface area (Å²) in [7, 11) is -4.01. The van der Waals surface area contributed by atoms with E-state index in [9.17, 15) is 28.3 Å². The van der Waals surface area contributed by atoms with Gasteiger partial charge in [-0.2, -0.15) is 5.26 Å². The number of allylic oxidation sites excluding steroid dienone is 1. The van der Waals surface area contributed by atoms with Crippen molar-refractivity contribution in [1.29, 1.82) is 5.26 Å². The number of hydrogen-bond donors (Lipinski definition) is 2. The lowest BCUT2D eigenvalue weighted by molar-refractivity contribution is 0.0144. The Balaban J connectivity index is 1.61. The molecule has 3 aromatic rings. The minimum absolute atomic E-state index is 0.0867. The molecular weight excluding hydrogens is 579 g/mol. The summed E-state index contributed by atoms with van der Waals surface area (Å²) in [5, 5.41) is 30.0. The van der Waals surface area contributed by atoms with Gasteiger partial charge in [0.05, 0.1) is 53.2 Å². The van der Waals surface area contributed by atoms with Crippen LogP contribution in [0.3, 0.4) is 0 Å². The predicted octanol–water partition coefficient (Wildman–Crippen LogP) is 4.29. The number of nitrogens with zero attached hydrogens (tertiary/aromatic N) is 4. The number of aryl methyl sites for hydroxylation is 1. The monoisotopic (exact) mass is 610 g/mol. The van der Waals surface area contributed by atoms with Crippen molar-refractivity contribution in [2.24, 2.45) is 0 Å². The van der Waals surface area contributed by atoms with Crippen molar-refractivity contribution in [3.8, 4) is 6.07 Å². The Morgan fingerprint density at radius 2 is 1.83 bits per heavy atom. The number of piperazine rings is 1. The SMILES string of the molecule is C/C(=C\c1ccc2c(c1)N(S(=O)(=O)c1cccc(C)c1)C[C@@H]1CN(C(C#N)(CO)CO)CCN21)c1c(F)cccc1Cl. The first-order valence-electron chi connectivity index (χ1n) is 13.6. The molecule has 0 bridgehead atoms. The summed E-state index contributed by atoms with van der Waals surface area (Å²) in [6.07, 6.45) is 1.77. The molecule has 1 saturated heterocycles. The molecule has 0 unspecified atom stereocenters. The van der Waals surface area contributed by atoms with E-state index in [4.69, 9.17) is 11.6 Å². The molecule has 2 heterocycles. The molecule has 0 amide bonds. The molecule has 3 aromatic carbocycles. The minimum atomic E-state index is -4.01. The Morgan fingerprint density at radius 3 is 2.50 bits per heavy atom. The zero-order valence-corrected chi connectivity index (χ0v) is 24.9. The van der Waals surface area contributed by atoms with Crippen molar-refractivity contribution in [3.63, 3.8) is 0 Å². The molecular formula is C31H32ClFN4O4S. The lowest BCUT2D eigenvalue weighted by atomic mass is 9.96. The summed E-state index contributed by atoms with van der Waals surface area (Å²) in [6, 6.07) is 18.4. The van der Waals surface area contributed by atoms with Crippen LogP contribution in [0.5, 0.6) is 0 Å². The fourth-order valence-corrected chi connectivity index (χ4v) is 7.72. The number of nitriles is 1. The standard InChI is InChI=1S/C31H32ClFN4O4S/c1-21-5-3-6-25(13-21)42(40,41)37-17-24-16-35(31(18-34,19-38)20-39)11-12-36(24)28-10-9-23(15-29(28)37)14-22(2)30-26(32)7-4-8-27(30)33/h3-10,13-15,24,38-39H,11-12,16-17,19-20H2,1-2H3/b22-14+/t24-/m0/s1. The van der Waals surface area contributed by atoms with E-state index in [1.807, 2.05) is 25.1 Å². The van der Waals surface area contributed by atoms with Gasteiger partial charge in [0.1, 0.15) is 5.82 Å². The van der Waals surface area contributed by atoms with Crippen LogP contribution in [-0.2, 0) is 10.0 Å². The van der Waals surface area contributed by atoms with Gasteiger partial charge >= 0.3 is 0 Å². The number of sulfonamides is 1. The maximum Gasteiger partial charge on any atom is 0.264 e. The second-order valence-corrected chi connectivity index (χ2v) is 13.0. The summed E-state index contributed by atoms with van der Waals surface area (Å²) in [5.74, 6) is -0.447. The van der Waals surface area contributed by atoms with E-state index < -0.39 is 34.6 Å².